The summed E-state index contributed by atoms with van der Waals surface area (Å²) in [7, 11) is 4.04. The molecule has 0 saturated carbocycles. The molecule has 2 heterocycles. The van der Waals surface area contributed by atoms with E-state index < -0.39 is 0 Å². The van der Waals surface area contributed by atoms with Crippen molar-refractivity contribution < 1.29 is 0 Å². The number of likely N-dealkylation sites (N-methyl/N-ethyl adjacent to an activating group) is 1. The minimum Gasteiger partial charge on any atom is -0.369 e. The van der Waals surface area contributed by atoms with E-state index in [0.717, 1.165) is 17.5 Å². The zero-order chi connectivity index (χ0) is 9.42. The summed E-state index contributed by atoms with van der Waals surface area (Å²) in [6, 6.07) is 1.26. The van der Waals surface area contributed by atoms with Gasteiger partial charge in [0, 0.05) is 26.2 Å². The molecule has 0 amide bonds. The van der Waals surface area contributed by atoms with Gasteiger partial charge in [-0.3, -0.25) is 0 Å². The second-order valence-corrected chi connectivity index (χ2v) is 4.47. The maximum absolute atomic E-state index is 5.38. The van der Waals surface area contributed by atoms with Crippen LogP contribution in [-0.4, -0.2) is 36.1 Å². The van der Waals surface area contributed by atoms with Crippen molar-refractivity contribution in [3.05, 3.63) is 11.6 Å². The molecule has 0 aromatic heterocycles. The van der Waals surface area contributed by atoms with Gasteiger partial charge in [-0.1, -0.05) is 18.3 Å². The molecule has 13 heavy (non-hydrogen) atoms. The molecule has 2 bridgehead atoms. The molecule has 2 aliphatic heterocycles. The molecule has 1 N–H and O–H groups in total. The van der Waals surface area contributed by atoms with Crippen molar-refractivity contribution >= 4 is 17.2 Å². The minimum absolute atomic E-state index is 0.536. The Balaban J connectivity index is 2.15. The van der Waals surface area contributed by atoms with Gasteiger partial charge in [-0.05, 0) is 24.8 Å². The smallest absolute Gasteiger partial charge is 0.105 e. The maximum Gasteiger partial charge on any atom is 0.105 e. The van der Waals surface area contributed by atoms with E-state index in [0.29, 0.717) is 6.04 Å². The summed E-state index contributed by atoms with van der Waals surface area (Å²) < 4.78 is 0. The highest BCUT2D eigenvalue weighted by molar-refractivity contribution is 7.80. The average Bonchev–Trinajstić information content (AvgIpc) is 2.47. The van der Waals surface area contributed by atoms with Gasteiger partial charge < -0.3 is 10.2 Å². The molecule has 0 radical (unpaired) electrons. The van der Waals surface area contributed by atoms with Crippen LogP contribution in [0.3, 0.4) is 0 Å². The van der Waals surface area contributed by atoms with Crippen molar-refractivity contribution in [1.82, 2.24) is 10.2 Å². The predicted molar refractivity (Wildman–Crippen MR) is 58.9 cm³/mol. The highest BCUT2D eigenvalue weighted by atomic mass is 32.1. The van der Waals surface area contributed by atoms with Gasteiger partial charge in [0.1, 0.15) is 4.99 Å². The third kappa shape index (κ3) is 1.63. The van der Waals surface area contributed by atoms with Gasteiger partial charge in [-0.15, -0.1) is 0 Å². The normalized spacial score (nSPS) is 31.4. The molecular formula is C10H16N2S. The molecule has 2 aliphatic rings. The molecule has 0 spiro atoms. The molecule has 2 rings (SSSR count). The van der Waals surface area contributed by atoms with Crippen molar-refractivity contribution in [2.75, 3.05) is 14.1 Å². The van der Waals surface area contributed by atoms with Crippen LogP contribution < -0.4 is 5.32 Å². The van der Waals surface area contributed by atoms with Gasteiger partial charge in [0.25, 0.3) is 0 Å². The molecule has 0 aromatic carbocycles. The summed E-state index contributed by atoms with van der Waals surface area (Å²) in [5, 5.41) is 3.59. The van der Waals surface area contributed by atoms with Crippen LogP contribution in [0.25, 0.3) is 0 Å². The zero-order valence-corrected chi connectivity index (χ0v) is 9.03. The number of nitrogens with one attached hydrogen (secondary N) is 1. The summed E-state index contributed by atoms with van der Waals surface area (Å²) in [5.41, 5.74) is 1.34. The fourth-order valence-corrected chi connectivity index (χ4v) is 2.38. The minimum atomic E-state index is 0.536. The van der Waals surface area contributed by atoms with Gasteiger partial charge in [-0.2, -0.15) is 0 Å². The molecule has 0 aromatic rings. The highest BCUT2D eigenvalue weighted by Crippen LogP contribution is 2.27. The first kappa shape index (κ1) is 9.16. The van der Waals surface area contributed by atoms with E-state index in [-0.39, 0.29) is 0 Å². The largest absolute Gasteiger partial charge is 0.369 e. The van der Waals surface area contributed by atoms with Crippen LogP contribution in [0.4, 0.5) is 0 Å². The van der Waals surface area contributed by atoms with Crippen molar-refractivity contribution in [2.24, 2.45) is 0 Å². The molecule has 3 heteroatoms. The number of nitrogens with zero attached hydrogens (tertiary/aromatic N) is 1. The third-order valence-electron chi connectivity index (χ3n) is 2.89. The van der Waals surface area contributed by atoms with Crippen molar-refractivity contribution in [1.29, 1.82) is 0 Å². The average molecular weight is 196 g/mol. The van der Waals surface area contributed by atoms with Gasteiger partial charge in [0.05, 0.1) is 0 Å². The number of hydrogen-bond donors (Lipinski definition) is 1. The summed E-state index contributed by atoms with van der Waals surface area (Å²) >= 11 is 5.38. The van der Waals surface area contributed by atoms with E-state index in [1.165, 1.54) is 18.4 Å². The standard InChI is InChI=1S/C10H16N2S/c1-12(2)10(13)8-5-3-7-4-6-9(8)11-7/h5,7,9,11H,3-4,6H2,1-2H3/t7-,9-/m1/s1. The Kier molecular flexibility index (Phi) is 2.39. The number of rotatable bonds is 1. The summed E-state index contributed by atoms with van der Waals surface area (Å²) in [5.74, 6) is 0. The molecule has 72 valence electrons. The van der Waals surface area contributed by atoms with Crippen molar-refractivity contribution in [2.45, 2.75) is 31.3 Å². The first-order valence-corrected chi connectivity index (χ1v) is 5.27. The van der Waals surface area contributed by atoms with Crippen LogP contribution in [0.2, 0.25) is 0 Å². The Morgan fingerprint density at radius 2 is 2.31 bits per heavy atom. The fraction of sp³-hybridized carbons (Fsp3) is 0.700. The Bertz CT molecular complexity index is 258. The van der Waals surface area contributed by atoms with Crippen LogP contribution >= 0.6 is 12.2 Å². The second kappa shape index (κ2) is 3.39. The monoisotopic (exact) mass is 196 g/mol. The molecule has 0 aliphatic carbocycles. The van der Waals surface area contributed by atoms with Crippen LogP contribution in [0, 0.1) is 0 Å². The summed E-state index contributed by atoms with van der Waals surface area (Å²) in [4.78, 5) is 3.03. The topological polar surface area (TPSA) is 15.3 Å². The molecular weight excluding hydrogens is 180 g/mol. The summed E-state index contributed by atoms with van der Waals surface area (Å²) in [6.07, 6.45) is 6.03. The van der Waals surface area contributed by atoms with Crippen molar-refractivity contribution in [3.63, 3.8) is 0 Å². The summed E-state index contributed by atoms with van der Waals surface area (Å²) in [6.45, 7) is 0. The number of thiocarbonyl (C=S) groups is 1. The first-order chi connectivity index (χ1) is 6.18. The lowest BCUT2D eigenvalue weighted by atomic mass is 10.0. The van der Waals surface area contributed by atoms with Crippen LogP contribution in [0.5, 0.6) is 0 Å². The van der Waals surface area contributed by atoms with Crippen LogP contribution in [0.15, 0.2) is 11.6 Å². The molecule has 1 saturated heterocycles. The lowest BCUT2D eigenvalue weighted by Gasteiger charge is -2.26. The van der Waals surface area contributed by atoms with E-state index in [4.69, 9.17) is 12.2 Å². The van der Waals surface area contributed by atoms with Crippen LogP contribution in [-0.2, 0) is 0 Å². The predicted octanol–water partition coefficient (Wildman–Crippen LogP) is 1.33. The van der Waals surface area contributed by atoms with Crippen molar-refractivity contribution in [3.8, 4) is 0 Å². The lowest BCUT2D eigenvalue weighted by Crippen LogP contribution is -2.39. The maximum atomic E-state index is 5.38. The van der Waals surface area contributed by atoms with Gasteiger partial charge in [0.2, 0.25) is 0 Å². The Morgan fingerprint density at radius 1 is 1.54 bits per heavy atom. The van der Waals surface area contributed by atoms with E-state index in [1.807, 2.05) is 19.0 Å². The lowest BCUT2D eigenvalue weighted by molar-refractivity contribution is 0.547. The molecule has 0 unspecified atom stereocenters. The number of hydrogen-bond acceptors (Lipinski definition) is 2. The van der Waals surface area contributed by atoms with E-state index in [1.54, 1.807) is 0 Å². The molecule has 2 atom stereocenters. The van der Waals surface area contributed by atoms with E-state index in [9.17, 15) is 0 Å². The molecule has 1 fully saturated rings. The quantitative estimate of drug-likeness (QED) is 0.637. The van der Waals surface area contributed by atoms with Gasteiger partial charge >= 0.3 is 0 Å². The van der Waals surface area contributed by atoms with E-state index >= 15 is 0 Å². The van der Waals surface area contributed by atoms with Crippen LogP contribution in [0.1, 0.15) is 19.3 Å². The third-order valence-corrected chi connectivity index (χ3v) is 3.49. The number of fused-ring (bicyclic) bond motifs is 2. The Labute approximate surface area is 85.0 Å². The highest BCUT2D eigenvalue weighted by Gasteiger charge is 2.31. The van der Waals surface area contributed by atoms with Gasteiger partial charge in [-0.25, -0.2) is 0 Å². The second-order valence-electron chi connectivity index (χ2n) is 4.09. The fourth-order valence-electron chi connectivity index (χ4n) is 2.16. The molecule has 2 nitrogen and oxygen atoms in total. The van der Waals surface area contributed by atoms with E-state index in [2.05, 4.69) is 11.4 Å². The SMILES string of the molecule is CN(C)C(=S)C1=CC[C@@H]2CC[C@H]1N2. The Morgan fingerprint density at radius 3 is 3.00 bits per heavy atom. The zero-order valence-electron chi connectivity index (χ0n) is 8.21. The van der Waals surface area contributed by atoms with Gasteiger partial charge in [0.15, 0.2) is 0 Å². The Hall–Kier alpha value is -0.410. The first-order valence-electron chi connectivity index (χ1n) is 4.86.